The highest BCUT2D eigenvalue weighted by molar-refractivity contribution is 7.89. The molecule has 16 fully saturated rings. The van der Waals surface area contributed by atoms with E-state index in [-0.39, 0.29) is 88.0 Å². The van der Waals surface area contributed by atoms with Gasteiger partial charge >= 0.3 is 18.1 Å². The highest BCUT2D eigenvalue weighted by Crippen LogP contribution is 2.66. The van der Waals surface area contributed by atoms with Crippen molar-refractivity contribution in [3.63, 3.8) is 0 Å². The molecule has 4 aliphatic heterocycles. The summed E-state index contributed by atoms with van der Waals surface area (Å²) >= 11 is 0. The summed E-state index contributed by atoms with van der Waals surface area (Å²) in [4.78, 5) is 60.5. The van der Waals surface area contributed by atoms with E-state index < -0.39 is 21.7 Å². The molecule has 27 heteroatoms. The minimum atomic E-state index is -3.63. The van der Waals surface area contributed by atoms with Crippen LogP contribution in [0.5, 0.6) is 0 Å². The molecule has 142 heavy (non-hydrogen) atoms. The second kappa shape index (κ2) is 36.0. The van der Waals surface area contributed by atoms with Gasteiger partial charge in [0, 0.05) is 67.7 Å². The molecule has 16 bridgehead atoms. The third-order valence-corrected chi connectivity index (χ3v) is 38.9. The molecule has 16 saturated carbocycles. The Morgan fingerprint density at radius 2 is 0.634 bits per heavy atom. The number of aliphatic hydroxyl groups excluding tert-OH is 4. The van der Waals surface area contributed by atoms with Gasteiger partial charge in [-0.2, -0.15) is 0 Å². The zero-order chi connectivity index (χ0) is 96.2. The minimum Gasteiger partial charge on any atom is -0.399 e. The van der Waals surface area contributed by atoms with E-state index in [4.69, 9.17) is 5.73 Å². The molecule has 0 spiro atoms. The summed E-state index contributed by atoms with van der Waals surface area (Å²) in [6.07, 6.45) is 40.7. The second-order valence-electron chi connectivity index (χ2n) is 46.1. The molecule has 6 amide bonds. The summed E-state index contributed by atoms with van der Waals surface area (Å²) < 4.78 is 38.6. The maximum absolute atomic E-state index is 13.3. The Bertz CT molecular complexity index is 6590. The minimum absolute atomic E-state index is 0.0869. The molecular formula is C115H129N17O9S. The van der Waals surface area contributed by atoms with Crippen molar-refractivity contribution in [1.82, 2.24) is 63.9 Å². The average molecular weight is 1930 g/mol. The topological polar surface area (TPSA) is 361 Å². The van der Waals surface area contributed by atoms with Crippen molar-refractivity contribution in [2.75, 3.05) is 21.7 Å². The molecule has 16 unspecified atom stereocenters. The van der Waals surface area contributed by atoms with E-state index in [9.17, 15) is 43.2 Å². The molecule has 9 heterocycles. The van der Waals surface area contributed by atoms with Crippen LogP contribution in [0.25, 0.3) is 45.0 Å². The monoisotopic (exact) mass is 1920 g/mol. The lowest BCUT2D eigenvalue weighted by Gasteiger charge is -2.61. The fraction of sp³-hybridized carbons (Fsp3) is 0.461. The van der Waals surface area contributed by atoms with Gasteiger partial charge in [-0.1, -0.05) is 133 Å². The Hall–Kier alpha value is -12.1. The van der Waals surface area contributed by atoms with Gasteiger partial charge in [0.15, 0.2) is 0 Å². The number of anilines is 4. The van der Waals surface area contributed by atoms with Crippen LogP contribution < -0.4 is 42.4 Å². The molecule has 20 aliphatic rings. The number of nitrogens with one attached hydrogen (secondary N) is 7. The number of aliphatic hydroxyl groups is 4. The molecule has 16 aliphatic carbocycles. The molecule has 5 aromatic heterocycles. The lowest BCUT2D eigenvalue weighted by Crippen LogP contribution is -2.64. The largest absolute Gasteiger partial charge is 0.399 e. The number of rotatable bonds is 21. The maximum Gasteiger partial charge on any atom is 0.319 e. The summed E-state index contributed by atoms with van der Waals surface area (Å²) in [5.41, 5.74) is 23.6. The van der Waals surface area contributed by atoms with Crippen LogP contribution in [0.4, 0.5) is 37.1 Å². The predicted octanol–water partition coefficient (Wildman–Crippen LogP) is 19.3. The fourth-order valence-electron chi connectivity index (χ4n) is 33.4. The van der Waals surface area contributed by atoms with Crippen LogP contribution in [0.15, 0.2) is 255 Å². The molecule has 0 radical (unpaired) electrons. The number of imidazole rings is 4. The first kappa shape index (κ1) is 91.1. The van der Waals surface area contributed by atoms with E-state index in [0.717, 1.165) is 137 Å². The second-order valence-corrected chi connectivity index (χ2v) is 47.7. The van der Waals surface area contributed by atoms with Crippen LogP contribution >= 0.6 is 0 Å². The van der Waals surface area contributed by atoms with Gasteiger partial charge in [0.1, 0.15) is 0 Å². The zero-order valence-electron chi connectivity index (χ0n) is 80.3. The number of carbonyl (C=O) groups is 3. The number of benzene rings is 7. The SMILES string of the molecule is Cc1ccc(NC(=O)NC23CC4CC(C2)C(C(O)CC2c5ccccc5-c5cncn52)C(C4)C3)cc1.Nc1ccc(S(=O)(=O)NC23CC4CC(C2)C(C(O)CC2c5ccccc5-c5cncn52)C(C4)C3)cc1.O=C(Nc1ccccc1)NC12CC3CC(C1)C(C(O)CC1c4ccccc4-c4cncn41)C(C3)C2.O=C(Nc1cccnc1)NC12CC3CC(C1)C(C(O)CC1c4ccccc4-c4cncn41)C(C3)C2. The Kier molecular flexibility index (Phi) is 23.1. The van der Waals surface area contributed by atoms with Crippen molar-refractivity contribution in [3.05, 3.63) is 278 Å². The molecular weight excluding hydrogens is 1800 g/mol. The first-order valence-electron chi connectivity index (χ1n) is 52.3. The van der Waals surface area contributed by atoms with Gasteiger partial charge < -0.3 is 76.3 Å². The third kappa shape index (κ3) is 16.7. The van der Waals surface area contributed by atoms with Crippen LogP contribution in [-0.4, -0.2) is 137 Å². The first-order valence-corrected chi connectivity index (χ1v) is 53.8. The fourth-order valence-corrected chi connectivity index (χ4v) is 34.8. The van der Waals surface area contributed by atoms with Crippen molar-refractivity contribution in [2.45, 2.75) is 237 Å². The summed E-state index contributed by atoms with van der Waals surface area (Å²) in [5, 5.41) is 65.8. The number of para-hydroxylation sites is 1. The summed E-state index contributed by atoms with van der Waals surface area (Å²) in [7, 11) is -3.63. The molecule has 13 N–H and O–H groups in total. The van der Waals surface area contributed by atoms with Crippen molar-refractivity contribution < 1.29 is 43.2 Å². The number of nitrogens with two attached hydrogens (primary N) is 1. The Labute approximate surface area is 829 Å². The van der Waals surface area contributed by atoms with E-state index >= 15 is 0 Å². The van der Waals surface area contributed by atoms with Crippen LogP contribution in [0, 0.1) is 102 Å². The molecule has 16 atom stereocenters. The molecule has 26 nitrogen and oxygen atoms in total. The molecule has 7 aromatic carbocycles. The number of nitrogens with zero attached hydrogens (tertiary/aromatic N) is 9. The van der Waals surface area contributed by atoms with Crippen LogP contribution in [0.2, 0.25) is 0 Å². The van der Waals surface area contributed by atoms with Gasteiger partial charge in [0.05, 0.1) is 138 Å². The maximum atomic E-state index is 13.3. The molecule has 734 valence electrons. The molecule has 0 saturated heterocycles. The number of hydrogen-bond donors (Lipinski definition) is 12. The quantitative estimate of drug-likeness (QED) is 0.0297. The summed E-state index contributed by atoms with van der Waals surface area (Å²) in [5.74, 6) is 7.00. The highest BCUT2D eigenvalue weighted by atomic mass is 32.2. The van der Waals surface area contributed by atoms with Gasteiger partial charge in [-0.05, 0) is 339 Å². The lowest BCUT2D eigenvalue weighted by atomic mass is 9.48. The van der Waals surface area contributed by atoms with E-state index in [1.165, 1.54) is 88.6 Å². The zero-order valence-corrected chi connectivity index (χ0v) is 81.2. The number of pyridine rings is 1. The summed E-state index contributed by atoms with van der Waals surface area (Å²) in [6, 6.07) is 61.8. The molecule has 32 rings (SSSR count). The standard InChI is InChI=1S/C30H34N4O2.C29H32N4O2.C28H31N5O2.C28H32N4O3S/c1-18-6-8-22(9-7-18)32-29(36)33-30-13-19-10-20(14-30)28(21(11-19)15-30)27(35)12-25-23-4-2-3-5-24(23)26-16-31-17-34(25)26;34-26(12-24-22-8-4-5-9-23(22)25-16-30-17-33(24)25)27-19-10-18-11-20(27)15-29(13-18,14-19)32-28(35)31-21-6-2-1-3-7-21;34-25(10-23-21-5-1-2-6-22(21)24-15-30-16-33(23)24)26-18-8-17-9-19(26)13-28(11-17,12-18)32-27(35)31-20-4-3-7-29-14-20;29-20-5-7-21(8-6-20)36(34,35)31-28-12-17-9-18(13-28)27(19(10-17)14-28)26(33)11-24-22-3-1-2-4-23(22)25-15-30-16-32(24)25/h2-9,16-17,19-21,25,27-28,35H,10-15H2,1H3,(H2,32,33,36);1-9,16-20,24,26-27,34H,10-15H2,(H2,31,32,35);1-7,14-19,23,25-26,34H,8-13H2,(H2,31,32,35);1-8,15-19,24,26-27,31,33H,9-14,29H2. The van der Waals surface area contributed by atoms with Gasteiger partial charge in [0.2, 0.25) is 10.0 Å². The number of amides is 6. The first-order chi connectivity index (χ1) is 69.0. The Morgan fingerprint density at radius 1 is 0.345 bits per heavy atom. The smallest absolute Gasteiger partial charge is 0.319 e. The normalized spacial score (nSPS) is 32.6. The van der Waals surface area contributed by atoms with Gasteiger partial charge in [-0.15, -0.1) is 0 Å². The number of urea groups is 3. The van der Waals surface area contributed by atoms with E-state index in [1.807, 2.05) is 124 Å². The summed E-state index contributed by atoms with van der Waals surface area (Å²) in [6.45, 7) is 2.05. The van der Waals surface area contributed by atoms with E-state index in [0.29, 0.717) is 113 Å². The number of carbonyl (C=O) groups excluding carboxylic acids is 3. The van der Waals surface area contributed by atoms with Gasteiger partial charge in [-0.3, -0.25) is 4.98 Å². The number of nitrogen functional groups attached to an aromatic ring is 1. The van der Waals surface area contributed by atoms with Crippen LogP contribution in [-0.2, 0) is 10.0 Å². The number of sulfonamides is 1. The Morgan fingerprint density at radius 3 is 0.958 bits per heavy atom. The number of fused-ring (bicyclic) bond motifs is 12. The van der Waals surface area contributed by atoms with Crippen LogP contribution in [0.1, 0.15) is 206 Å². The van der Waals surface area contributed by atoms with Gasteiger partial charge in [0.25, 0.3) is 0 Å². The predicted molar refractivity (Wildman–Crippen MR) is 544 cm³/mol. The van der Waals surface area contributed by atoms with Crippen LogP contribution in [0.3, 0.4) is 0 Å². The van der Waals surface area contributed by atoms with Crippen molar-refractivity contribution in [2.24, 2.45) is 94.7 Å². The molecule has 12 aromatic rings. The van der Waals surface area contributed by atoms with Gasteiger partial charge in [-0.25, -0.2) is 47.5 Å². The van der Waals surface area contributed by atoms with Crippen molar-refractivity contribution >= 4 is 50.9 Å². The number of hydrogen-bond acceptors (Lipinski definition) is 15. The Balaban J connectivity index is 0.0000000995. The van der Waals surface area contributed by atoms with E-state index in [2.05, 4.69) is 177 Å². The number of aromatic nitrogens is 9. The lowest BCUT2D eigenvalue weighted by molar-refractivity contribution is -0.108. The van der Waals surface area contributed by atoms with Crippen molar-refractivity contribution in [3.8, 4) is 45.0 Å². The average Bonchev–Trinajstić information content (AvgIpc) is 0.908. The van der Waals surface area contributed by atoms with Crippen molar-refractivity contribution in [1.29, 1.82) is 0 Å². The number of aryl methyl sites for hydroxylation is 1. The third-order valence-electron chi connectivity index (χ3n) is 37.3. The van der Waals surface area contributed by atoms with E-state index in [1.54, 1.807) is 36.7 Å². The highest BCUT2D eigenvalue weighted by Gasteiger charge is 2.63.